The predicted molar refractivity (Wildman–Crippen MR) is 84.8 cm³/mol. The minimum atomic E-state index is 0.536. The van der Waals surface area contributed by atoms with Crippen LogP contribution < -0.4 is 5.32 Å². The van der Waals surface area contributed by atoms with Gasteiger partial charge in [-0.05, 0) is 38.3 Å². The zero-order valence-electron chi connectivity index (χ0n) is 13.4. The van der Waals surface area contributed by atoms with E-state index in [0.717, 1.165) is 44.4 Å². The SMILES string of the molecule is c1cnn(CCN[C@H]2CCCN(Cc3noc(C4CC4)n3)C2)c1. The number of aromatic nitrogens is 4. The molecule has 0 unspecified atom stereocenters. The van der Waals surface area contributed by atoms with E-state index in [1.165, 1.54) is 25.7 Å². The first kappa shape index (κ1) is 14.8. The molecule has 3 heterocycles. The van der Waals surface area contributed by atoms with Gasteiger partial charge in [0.05, 0.1) is 13.1 Å². The molecule has 1 aliphatic heterocycles. The first-order valence-electron chi connectivity index (χ1n) is 8.62. The van der Waals surface area contributed by atoms with Crippen molar-refractivity contribution in [2.75, 3.05) is 19.6 Å². The summed E-state index contributed by atoms with van der Waals surface area (Å²) in [5.74, 6) is 2.21. The van der Waals surface area contributed by atoms with Crippen LogP contribution in [-0.2, 0) is 13.1 Å². The first-order chi connectivity index (χ1) is 11.4. The minimum Gasteiger partial charge on any atom is -0.339 e. The lowest BCUT2D eigenvalue weighted by Gasteiger charge is -2.32. The van der Waals surface area contributed by atoms with Crippen molar-refractivity contribution in [2.45, 2.75) is 50.7 Å². The average Bonchev–Trinajstić information content (AvgIpc) is 3.08. The second-order valence-electron chi connectivity index (χ2n) is 6.62. The van der Waals surface area contributed by atoms with Gasteiger partial charge >= 0.3 is 0 Å². The third-order valence-corrected chi connectivity index (χ3v) is 4.61. The fraction of sp³-hybridized carbons (Fsp3) is 0.688. The van der Waals surface area contributed by atoms with Gasteiger partial charge in [-0.3, -0.25) is 9.58 Å². The highest BCUT2D eigenvalue weighted by Gasteiger charge is 2.30. The molecule has 124 valence electrons. The van der Waals surface area contributed by atoms with Crippen LogP contribution >= 0.6 is 0 Å². The topological polar surface area (TPSA) is 72.0 Å². The van der Waals surface area contributed by atoms with Gasteiger partial charge in [-0.1, -0.05) is 5.16 Å². The van der Waals surface area contributed by atoms with Crippen molar-refractivity contribution in [3.8, 4) is 0 Å². The molecule has 1 aliphatic carbocycles. The Labute approximate surface area is 136 Å². The van der Waals surface area contributed by atoms with Gasteiger partial charge in [0, 0.05) is 37.4 Å². The Hall–Kier alpha value is -1.73. The number of piperidine rings is 1. The summed E-state index contributed by atoms with van der Waals surface area (Å²) in [6.07, 6.45) is 8.68. The molecule has 7 heteroatoms. The lowest BCUT2D eigenvalue weighted by atomic mass is 10.1. The van der Waals surface area contributed by atoms with Crippen molar-refractivity contribution in [2.24, 2.45) is 0 Å². The molecule has 0 spiro atoms. The van der Waals surface area contributed by atoms with Gasteiger partial charge in [0.1, 0.15) is 0 Å². The Morgan fingerprint density at radius 3 is 3.09 bits per heavy atom. The Balaban J connectivity index is 1.23. The molecule has 1 saturated carbocycles. The molecule has 2 aromatic rings. The monoisotopic (exact) mass is 316 g/mol. The van der Waals surface area contributed by atoms with E-state index in [9.17, 15) is 0 Å². The van der Waals surface area contributed by atoms with Crippen LogP contribution in [-0.4, -0.2) is 50.5 Å². The lowest BCUT2D eigenvalue weighted by molar-refractivity contribution is 0.177. The normalized spacial score (nSPS) is 22.5. The van der Waals surface area contributed by atoms with E-state index in [1.54, 1.807) is 0 Å². The van der Waals surface area contributed by atoms with Gasteiger partial charge in [0.25, 0.3) is 0 Å². The predicted octanol–water partition coefficient (Wildman–Crippen LogP) is 1.40. The van der Waals surface area contributed by atoms with Gasteiger partial charge in [-0.15, -0.1) is 0 Å². The molecule has 2 aliphatic rings. The van der Waals surface area contributed by atoms with Crippen molar-refractivity contribution in [3.63, 3.8) is 0 Å². The second-order valence-corrected chi connectivity index (χ2v) is 6.62. The van der Waals surface area contributed by atoms with E-state index in [-0.39, 0.29) is 0 Å². The highest BCUT2D eigenvalue weighted by molar-refractivity contribution is 5.01. The summed E-state index contributed by atoms with van der Waals surface area (Å²) >= 11 is 0. The van der Waals surface area contributed by atoms with Crippen LogP contribution in [0.3, 0.4) is 0 Å². The number of nitrogens with zero attached hydrogens (tertiary/aromatic N) is 5. The van der Waals surface area contributed by atoms with Crippen molar-refractivity contribution in [1.29, 1.82) is 0 Å². The highest BCUT2D eigenvalue weighted by Crippen LogP contribution is 2.38. The van der Waals surface area contributed by atoms with Crippen LogP contribution in [0.2, 0.25) is 0 Å². The maximum Gasteiger partial charge on any atom is 0.229 e. The molecular formula is C16H24N6O. The minimum absolute atomic E-state index is 0.536. The lowest BCUT2D eigenvalue weighted by Crippen LogP contribution is -2.46. The third-order valence-electron chi connectivity index (χ3n) is 4.61. The molecule has 0 bridgehead atoms. The zero-order valence-corrected chi connectivity index (χ0v) is 13.4. The van der Waals surface area contributed by atoms with E-state index < -0.39 is 0 Å². The maximum absolute atomic E-state index is 5.35. The number of nitrogens with one attached hydrogen (secondary N) is 1. The molecule has 1 saturated heterocycles. The van der Waals surface area contributed by atoms with Gasteiger partial charge in [-0.2, -0.15) is 10.1 Å². The van der Waals surface area contributed by atoms with Crippen LogP contribution in [0.4, 0.5) is 0 Å². The molecule has 2 aromatic heterocycles. The fourth-order valence-corrected chi connectivity index (χ4v) is 3.21. The standard InChI is InChI=1S/C16H24N6O/c1-3-14(17-7-10-22-9-2-6-18-22)11-21(8-1)12-15-19-16(23-20-15)13-4-5-13/h2,6,9,13-14,17H,1,3-5,7-8,10-12H2/t14-/m0/s1. The fourth-order valence-electron chi connectivity index (χ4n) is 3.21. The molecule has 2 fully saturated rings. The second kappa shape index (κ2) is 6.80. The molecule has 23 heavy (non-hydrogen) atoms. The van der Waals surface area contributed by atoms with Crippen LogP contribution in [0.15, 0.2) is 23.0 Å². The largest absolute Gasteiger partial charge is 0.339 e. The first-order valence-corrected chi connectivity index (χ1v) is 8.62. The van der Waals surface area contributed by atoms with Gasteiger partial charge in [0.2, 0.25) is 5.89 Å². The molecule has 1 N–H and O–H groups in total. The van der Waals surface area contributed by atoms with Crippen molar-refractivity contribution < 1.29 is 4.52 Å². The zero-order chi connectivity index (χ0) is 15.5. The van der Waals surface area contributed by atoms with Crippen molar-refractivity contribution >= 4 is 0 Å². The molecule has 1 atom stereocenters. The number of hydrogen-bond acceptors (Lipinski definition) is 6. The third kappa shape index (κ3) is 3.97. The van der Waals surface area contributed by atoms with E-state index in [4.69, 9.17) is 4.52 Å². The summed E-state index contributed by atoms with van der Waals surface area (Å²) in [5.41, 5.74) is 0. The van der Waals surface area contributed by atoms with E-state index in [2.05, 4.69) is 25.5 Å². The molecule has 0 radical (unpaired) electrons. The van der Waals surface area contributed by atoms with E-state index >= 15 is 0 Å². The van der Waals surface area contributed by atoms with Gasteiger partial charge in [0.15, 0.2) is 5.82 Å². The summed E-state index contributed by atoms with van der Waals surface area (Å²) in [6, 6.07) is 2.50. The van der Waals surface area contributed by atoms with Crippen LogP contribution in [0.25, 0.3) is 0 Å². The van der Waals surface area contributed by atoms with Gasteiger partial charge < -0.3 is 9.84 Å². The van der Waals surface area contributed by atoms with Crippen LogP contribution in [0.5, 0.6) is 0 Å². The summed E-state index contributed by atoms with van der Waals surface area (Å²) in [7, 11) is 0. The van der Waals surface area contributed by atoms with Crippen molar-refractivity contribution in [1.82, 2.24) is 30.1 Å². The summed E-state index contributed by atoms with van der Waals surface area (Å²) < 4.78 is 7.31. The molecule has 0 aromatic carbocycles. The van der Waals surface area contributed by atoms with E-state index in [0.29, 0.717) is 12.0 Å². The molecule has 7 nitrogen and oxygen atoms in total. The number of likely N-dealkylation sites (tertiary alicyclic amines) is 1. The Kier molecular flexibility index (Phi) is 4.39. The Morgan fingerprint density at radius 2 is 2.26 bits per heavy atom. The average molecular weight is 316 g/mol. The summed E-state index contributed by atoms with van der Waals surface area (Å²) in [4.78, 5) is 6.96. The number of rotatable bonds is 7. The molecular weight excluding hydrogens is 292 g/mol. The summed E-state index contributed by atoms with van der Waals surface area (Å²) in [6.45, 7) is 4.83. The Morgan fingerprint density at radius 1 is 1.30 bits per heavy atom. The highest BCUT2D eigenvalue weighted by atomic mass is 16.5. The van der Waals surface area contributed by atoms with Crippen molar-refractivity contribution in [3.05, 3.63) is 30.2 Å². The summed E-state index contributed by atoms with van der Waals surface area (Å²) in [5, 5.41) is 12.0. The quantitative estimate of drug-likeness (QED) is 0.832. The Bertz CT molecular complexity index is 606. The van der Waals surface area contributed by atoms with Gasteiger partial charge in [-0.25, -0.2) is 0 Å². The molecule has 4 rings (SSSR count). The molecule has 0 amide bonds. The van der Waals surface area contributed by atoms with E-state index in [1.807, 2.05) is 23.1 Å². The van der Waals surface area contributed by atoms with Crippen LogP contribution in [0.1, 0.15) is 43.3 Å². The number of hydrogen-bond donors (Lipinski definition) is 1. The maximum atomic E-state index is 5.35. The smallest absolute Gasteiger partial charge is 0.229 e. The van der Waals surface area contributed by atoms with Crippen LogP contribution in [0, 0.1) is 0 Å².